The Morgan fingerprint density at radius 2 is 2.43 bits per heavy atom. The summed E-state index contributed by atoms with van der Waals surface area (Å²) in [5, 5.41) is 2.95. The number of carbonyl (C=O) groups excluding carboxylic acids is 1. The van der Waals surface area contributed by atoms with Crippen LogP contribution >= 0.6 is 11.3 Å². The molecule has 2 unspecified atom stereocenters. The van der Waals surface area contributed by atoms with Gasteiger partial charge in [-0.1, -0.05) is 6.07 Å². The fraction of sp³-hybridized carbons (Fsp3) is 0.357. The number of hydrogen-bond donors (Lipinski definition) is 1. The number of aromatic nitrogens is 2. The summed E-state index contributed by atoms with van der Waals surface area (Å²) in [6.45, 7) is 1.05. The van der Waals surface area contributed by atoms with Crippen molar-refractivity contribution in [2.24, 2.45) is 0 Å². The maximum atomic E-state index is 12.1. The molecule has 1 fully saturated rings. The number of hydrogen-bond acceptors (Lipinski definition) is 6. The number of amides is 1. The molecule has 0 aliphatic carbocycles. The van der Waals surface area contributed by atoms with Crippen molar-refractivity contribution in [3.63, 3.8) is 0 Å². The van der Waals surface area contributed by atoms with Crippen molar-refractivity contribution >= 4 is 17.2 Å². The molecular weight excluding hydrogens is 290 g/mol. The van der Waals surface area contributed by atoms with Gasteiger partial charge in [0.25, 0.3) is 5.91 Å². The van der Waals surface area contributed by atoms with Crippen molar-refractivity contribution < 1.29 is 14.3 Å². The lowest BCUT2D eigenvalue weighted by atomic mass is 10.1. The van der Waals surface area contributed by atoms with Crippen LogP contribution in [-0.2, 0) is 4.74 Å². The van der Waals surface area contributed by atoms with Gasteiger partial charge in [-0.3, -0.25) is 9.78 Å². The molecule has 0 aromatic carbocycles. The second-order valence-corrected chi connectivity index (χ2v) is 5.52. The third-order valence-electron chi connectivity index (χ3n) is 3.18. The Balaban J connectivity index is 1.65. The number of pyridine rings is 1. The minimum absolute atomic E-state index is 0.148. The highest BCUT2D eigenvalue weighted by atomic mass is 32.1. The van der Waals surface area contributed by atoms with Crippen LogP contribution in [0.5, 0.6) is 5.88 Å². The van der Waals surface area contributed by atoms with Crippen molar-refractivity contribution in [2.45, 2.75) is 18.6 Å². The van der Waals surface area contributed by atoms with E-state index in [1.54, 1.807) is 24.0 Å². The Morgan fingerprint density at radius 1 is 1.48 bits per heavy atom. The summed E-state index contributed by atoms with van der Waals surface area (Å²) < 4.78 is 11.3. The SMILES string of the molecule is O=C(NC1COCCC1Oc1ccccn1)c1cncs1. The van der Waals surface area contributed by atoms with E-state index in [1.165, 1.54) is 11.3 Å². The van der Waals surface area contributed by atoms with Crippen molar-refractivity contribution in [1.82, 2.24) is 15.3 Å². The van der Waals surface area contributed by atoms with Gasteiger partial charge < -0.3 is 14.8 Å². The standard InChI is InChI=1S/C14H15N3O3S/c18-14(12-7-15-9-21-12)17-10-8-19-6-4-11(10)20-13-3-1-2-5-16-13/h1-3,5,7,9-11H,4,6,8H2,(H,17,18). The molecular formula is C14H15N3O3S. The zero-order valence-corrected chi connectivity index (χ0v) is 12.1. The third kappa shape index (κ3) is 3.56. The fourth-order valence-corrected chi connectivity index (χ4v) is 2.66. The molecule has 2 aromatic heterocycles. The summed E-state index contributed by atoms with van der Waals surface area (Å²) >= 11 is 1.31. The van der Waals surface area contributed by atoms with Gasteiger partial charge >= 0.3 is 0 Å². The first-order valence-corrected chi connectivity index (χ1v) is 7.55. The van der Waals surface area contributed by atoms with Gasteiger partial charge in [0.2, 0.25) is 5.88 Å². The van der Waals surface area contributed by atoms with Gasteiger partial charge in [-0.25, -0.2) is 4.98 Å². The predicted molar refractivity (Wildman–Crippen MR) is 77.5 cm³/mol. The summed E-state index contributed by atoms with van der Waals surface area (Å²) in [7, 11) is 0. The topological polar surface area (TPSA) is 73.3 Å². The van der Waals surface area contributed by atoms with E-state index >= 15 is 0 Å². The highest BCUT2D eigenvalue weighted by Gasteiger charge is 2.29. The van der Waals surface area contributed by atoms with Crippen molar-refractivity contribution in [1.29, 1.82) is 0 Å². The van der Waals surface area contributed by atoms with Crippen molar-refractivity contribution in [2.75, 3.05) is 13.2 Å². The first kappa shape index (κ1) is 14.0. The lowest BCUT2D eigenvalue weighted by Gasteiger charge is -2.31. The number of nitrogens with zero attached hydrogens (tertiary/aromatic N) is 2. The Labute approximate surface area is 126 Å². The molecule has 3 heterocycles. The largest absolute Gasteiger partial charge is 0.472 e. The van der Waals surface area contributed by atoms with Crippen LogP contribution in [0.15, 0.2) is 36.1 Å². The molecule has 1 N–H and O–H groups in total. The number of thiazole rings is 1. The van der Waals surface area contributed by atoms with Crippen LogP contribution in [-0.4, -0.2) is 41.2 Å². The van der Waals surface area contributed by atoms with Gasteiger partial charge in [0.15, 0.2) is 0 Å². The lowest BCUT2D eigenvalue weighted by molar-refractivity contribution is -0.00443. The molecule has 6 nitrogen and oxygen atoms in total. The lowest BCUT2D eigenvalue weighted by Crippen LogP contribution is -2.51. The Hall–Kier alpha value is -1.99. The average molecular weight is 305 g/mol. The molecule has 0 spiro atoms. The predicted octanol–water partition coefficient (Wildman–Crippen LogP) is 1.50. The first-order chi connectivity index (χ1) is 10.3. The van der Waals surface area contributed by atoms with E-state index in [0.717, 1.165) is 0 Å². The van der Waals surface area contributed by atoms with Gasteiger partial charge in [0, 0.05) is 18.7 Å². The quantitative estimate of drug-likeness (QED) is 0.927. The highest BCUT2D eigenvalue weighted by Crippen LogP contribution is 2.16. The van der Waals surface area contributed by atoms with Gasteiger partial charge in [-0.2, -0.15) is 0 Å². The van der Waals surface area contributed by atoms with Gasteiger partial charge in [-0.05, 0) is 6.07 Å². The molecule has 7 heteroatoms. The molecule has 1 saturated heterocycles. The normalized spacial score (nSPS) is 21.7. The molecule has 0 bridgehead atoms. The Morgan fingerprint density at radius 3 is 3.19 bits per heavy atom. The molecule has 110 valence electrons. The van der Waals surface area contributed by atoms with E-state index in [2.05, 4.69) is 15.3 Å². The summed E-state index contributed by atoms with van der Waals surface area (Å²) in [6, 6.07) is 5.31. The molecule has 1 amide bonds. The van der Waals surface area contributed by atoms with Gasteiger partial charge in [0.1, 0.15) is 11.0 Å². The minimum atomic E-state index is -0.199. The molecule has 0 radical (unpaired) electrons. The van der Waals surface area contributed by atoms with Crippen LogP contribution in [0.2, 0.25) is 0 Å². The van der Waals surface area contributed by atoms with Crippen LogP contribution in [0, 0.1) is 0 Å². The molecule has 0 saturated carbocycles. The maximum Gasteiger partial charge on any atom is 0.263 e. The van der Waals surface area contributed by atoms with Crippen LogP contribution in [0.25, 0.3) is 0 Å². The van der Waals surface area contributed by atoms with E-state index in [-0.39, 0.29) is 18.1 Å². The highest BCUT2D eigenvalue weighted by molar-refractivity contribution is 7.11. The Kier molecular flexibility index (Phi) is 4.42. The first-order valence-electron chi connectivity index (χ1n) is 6.68. The average Bonchev–Trinajstić information content (AvgIpc) is 3.05. The van der Waals surface area contributed by atoms with Crippen LogP contribution in [0.3, 0.4) is 0 Å². The summed E-state index contributed by atoms with van der Waals surface area (Å²) in [5.74, 6) is 0.407. The second-order valence-electron chi connectivity index (χ2n) is 4.63. The van der Waals surface area contributed by atoms with E-state index in [4.69, 9.17) is 9.47 Å². The Bertz CT molecular complexity index is 576. The molecule has 1 aliphatic heterocycles. The van der Waals surface area contributed by atoms with Crippen LogP contribution < -0.4 is 10.1 Å². The van der Waals surface area contributed by atoms with Crippen molar-refractivity contribution in [3.8, 4) is 5.88 Å². The zero-order valence-electron chi connectivity index (χ0n) is 11.3. The smallest absolute Gasteiger partial charge is 0.263 e. The number of nitrogens with one attached hydrogen (secondary N) is 1. The number of carbonyl (C=O) groups is 1. The second kappa shape index (κ2) is 6.64. The van der Waals surface area contributed by atoms with Crippen molar-refractivity contribution in [3.05, 3.63) is 41.0 Å². The number of ether oxygens (including phenoxy) is 2. The fourth-order valence-electron chi connectivity index (χ4n) is 2.13. The van der Waals surface area contributed by atoms with E-state index in [1.807, 2.05) is 12.1 Å². The van der Waals surface area contributed by atoms with Gasteiger partial charge in [0.05, 0.1) is 31.0 Å². The minimum Gasteiger partial charge on any atom is -0.472 e. The zero-order chi connectivity index (χ0) is 14.5. The number of rotatable bonds is 4. The van der Waals surface area contributed by atoms with E-state index < -0.39 is 0 Å². The van der Waals surface area contributed by atoms with Crippen LogP contribution in [0.4, 0.5) is 0 Å². The molecule has 21 heavy (non-hydrogen) atoms. The summed E-state index contributed by atoms with van der Waals surface area (Å²) in [6.07, 6.45) is 3.80. The van der Waals surface area contributed by atoms with E-state index in [0.29, 0.717) is 30.4 Å². The van der Waals surface area contributed by atoms with Crippen LogP contribution in [0.1, 0.15) is 16.1 Å². The monoisotopic (exact) mass is 305 g/mol. The summed E-state index contributed by atoms with van der Waals surface area (Å²) in [5.41, 5.74) is 1.63. The maximum absolute atomic E-state index is 12.1. The molecule has 3 rings (SSSR count). The summed E-state index contributed by atoms with van der Waals surface area (Å²) in [4.78, 5) is 20.7. The molecule has 2 aromatic rings. The third-order valence-corrected chi connectivity index (χ3v) is 3.95. The molecule has 1 aliphatic rings. The van der Waals surface area contributed by atoms with E-state index in [9.17, 15) is 4.79 Å². The van der Waals surface area contributed by atoms with Gasteiger partial charge in [-0.15, -0.1) is 11.3 Å². The molecule has 2 atom stereocenters.